The van der Waals surface area contributed by atoms with E-state index in [-0.39, 0.29) is 0 Å². The van der Waals surface area contributed by atoms with Gasteiger partial charge in [0.2, 0.25) is 0 Å². The van der Waals surface area contributed by atoms with Crippen molar-refractivity contribution in [3.8, 4) is 0 Å². The van der Waals surface area contributed by atoms with Crippen LogP contribution < -0.4 is 5.32 Å². The zero-order valence-electron chi connectivity index (χ0n) is 8.45. The molecule has 2 rings (SSSR count). The summed E-state index contributed by atoms with van der Waals surface area (Å²) in [4.78, 5) is 7.98. The Bertz CT molecular complexity index is 317. The Morgan fingerprint density at radius 3 is 2.93 bits per heavy atom. The number of anilines is 1. The summed E-state index contributed by atoms with van der Waals surface area (Å²) < 4.78 is 5.47. The van der Waals surface area contributed by atoms with E-state index >= 15 is 0 Å². The molecule has 0 radical (unpaired) electrons. The van der Waals surface area contributed by atoms with Gasteiger partial charge < -0.3 is 10.1 Å². The zero-order chi connectivity index (χ0) is 10.5. The number of nitrogens with zero attached hydrogens (tertiary/aromatic N) is 2. The lowest BCUT2D eigenvalue weighted by Crippen LogP contribution is -2.12. The third-order valence-electron chi connectivity index (χ3n) is 2.24. The SMILES string of the molecule is Clc1nccnc1NCCOCC1CC1. The zero-order valence-corrected chi connectivity index (χ0v) is 9.20. The fraction of sp³-hybridized carbons (Fsp3) is 0.600. The average molecular weight is 228 g/mol. The maximum Gasteiger partial charge on any atom is 0.171 e. The Morgan fingerprint density at radius 1 is 1.40 bits per heavy atom. The quantitative estimate of drug-likeness (QED) is 0.755. The van der Waals surface area contributed by atoms with Crippen LogP contribution in [0.2, 0.25) is 5.15 Å². The van der Waals surface area contributed by atoms with Crippen molar-refractivity contribution < 1.29 is 4.74 Å². The van der Waals surface area contributed by atoms with Gasteiger partial charge in [0, 0.05) is 25.5 Å². The van der Waals surface area contributed by atoms with Gasteiger partial charge in [-0.25, -0.2) is 9.97 Å². The van der Waals surface area contributed by atoms with Crippen molar-refractivity contribution >= 4 is 17.4 Å². The van der Waals surface area contributed by atoms with E-state index in [1.54, 1.807) is 12.4 Å². The predicted octanol–water partition coefficient (Wildman–Crippen LogP) is 1.97. The number of hydrogen-bond acceptors (Lipinski definition) is 4. The largest absolute Gasteiger partial charge is 0.379 e. The monoisotopic (exact) mass is 227 g/mol. The summed E-state index contributed by atoms with van der Waals surface area (Å²) in [5.74, 6) is 1.43. The van der Waals surface area contributed by atoms with Gasteiger partial charge in [0.05, 0.1) is 6.61 Å². The van der Waals surface area contributed by atoms with Crippen LogP contribution in [0.15, 0.2) is 12.4 Å². The van der Waals surface area contributed by atoms with Crippen LogP contribution >= 0.6 is 11.6 Å². The molecule has 1 heterocycles. The molecule has 0 saturated heterocycles. The molecule has 1 fully saturated rings. The Hall–Kier alpha value is -0.870. The molecule has 0 amide bonds. The van der Waals surface area contributed by atoms with Gasteiger partial charge in [0.1, 0.15) is 0 Å². The number of hydrogen-bond donors (Lipinski definition) is 1. The van der Waals surface area contributed by atoms with Gasteiger partial charge >= 0.3 is 0 Å². The molecule has 0 unspecified atom stereocenters. The molecule has 82 valence electrons. The fourth-order valence-corrected chi connectivity index (χ4v) is 1.39. The predicted molar refractivity (Wildman–Crippen MR) is 59.1 cm³/mol. The molecule has 1 aliphatic carbocycles. The highest BCUT2D eigenvalue weighted by atomic mass is 35.5. The van der Waals surface area contributed by atoms with E-state index in [4.69, 9.17) is 16.3 Å². The number of rotatable bonds is 6. The van der Waals surface area contributed by atoms with Crippen molar-refractivity contribution in [2.45, 2.75) is 12.8 Å². The topological polar surface area (TPSA) is 47.0 Å². The van der Waals surface area contributed by atoms with Crippen LogP contribution in [0.3, 0.4) is 0 Å². The Morgan fingerprint density at radius 2 is 2.20 bits per heavy atom. The lowest BCUT2D eigenvalue weighted by molar-refractivity contribution is 0.134. The maximum absolute atomic E-state index is 5.82. The summed E-state index contributed by atoms with van der Waals surface area (Å²) in [6.07, 6.45) is 5.82. The number of ether oxygens (including phenoxy) is 1. The minimum atomic E-state index is 0.402. The van der Waals surface area contributed by atoms with Crippen LogP contribution in [0.25, 0.3) is 0 Å². The first-order valence-corrected chi connectivity index (χ1v) is 5.52. The van der Waals surface area contributed by atoms with Crippen molar-refractivity contribution in [2.24, 2.45) is 5.92 Å². The van der Waals surface area contributed by atoms with Crippen molar-refractivity contribution in [1.82, 2.24) is 9.97 Å². The fourth-order valence-electron chi connectivity index (χ4n) is 1.22. The highest BCUT2D eigenvalue weighted by molar-refractivity contribution is 6.31. The third kappa shape index (κ3) is 3.64. The minimum absolute atomic E-state index is 0.402. The van der Waals surface area contributed by atoms with E-state index in [0.717, 1.165) is 12.5 Å². The first-order valence-electron chi connectivity index (χ1n) is 5.14. The summed E-state index contributed by atoms with van der Waals surface area (Å²) in [6, 6.07) is 0. The minimum Gasteiger partial charge on any atom is -0.379 e. The first kappa shape index (κ1) is 10.6. The van der Waals surface area contributed by atoms with E-state index in [1.165, 1.54) is 12.8 Å². The number of nitrogens with one attached hydrogen (secondary N) is 1. The van der Waals surface area contributed by atoms with Crippen LogP contribution in [0.1, 0.15) is 12.8 Å². The summed E-state index contributed by atoms with van der Waals surface area (Å²) in [5, 5.41) is 3.48. The standard InChI is InChI=1S/C10H14ClN3O/c11-9-10(13-4-3-12-9)14-5-6-15-7-8-1-2-8/h3-4,8H,1-2,5-7H2,(H,13,14). The molecule has 0 aliphatic heterocycles. The molecule has 0 spiro atoms. The number of aromatic nitrogens is 2. The van der Waals surface area contributed by atoms with Gasteiger partial charge in [-0.2, -0.15) is 0 Å². The summed E-state index contributed by atoms with van der Waals surface area (Å²) in [7, 11) is 0. The van der Waals surface area contributed by atoms with Crippen LogP contribution in [0, 0.1) is 5.92 Å². The van der Waals surface area contributed by atoms with Crippen molar-refractivity contribution in [3.05, 3.63) is 17.5 Å². The normalized spacial score (nSPS) is 15.3. The molecule has 1 aromatic rings. The molecule has 1 aliphatic rings. The van der Waals surface area contributed by atoms with E-state index in [9.17, 15) is 0 Å². The second-order valence-corrected chi connectivity index (χ2v) is 4.00. The highest BCUT2D eigenvalue weighted by Gasteiger charge is 2.20. The van der Waals surface area contributed by atoms with Gasteiger partial charge in [0.25, 0.3) is 0 Å². The highest BCUT2D eigenvalue weighted by Crippen LogP contribution is 2.28. The van der Waals surface area contributed by atoms with Crippen LogP contribution in [0.4, 0.5) is 5.82 Å². The van der Waals surface area contributed by atoms with E-state index in [1.807, 2.05) is 0 Å². The molecular weight excluding hydrogens is 214 g/mol. The molecule has 1 saturated carbocycles. The Labute approximate surface area is 94.0 Å². The van der Waals surface area contributed by atoms with Crippen molar-refractivity contribution in [3.63, 3.8) is 0 Å². The molecule has 5 heteroatoms. The van der Waals surface area contributed by atoms with Crippen molar-refractivity contribution in [2.75, 3.05) is 25.1 Å². The Balaban J connectivity index is 1.62. The molecular formula is C10H14ClN3O. The molecule has 1 N–H and O–H groups in total. The second-order valence-electron chi connectivity index (χ2n) is 3.64. The van der Waals surface area contributed by atoms with Crippen molar-refractivity contribution in [1.29, 1.82) is 0 Å². The van der Waals surface area contributed by atoms with Gasteiger partial charge in [0.15, 0.2) is 11.0 Å². The molecule has 0 bridgehead atoms. The van der Waals surface area contributed by atoms with Gasteiger partial charge in [-0.3, -0.25) is 0 Å². The summed E-state index contributed by atoms with van der Waals surface area (Å²) in [6.45, 7) is 2.28. The average Bonchev–Trinajstić information content (AvgIpc) is 3.04. The van der Waals surface area contributed by atoms with Gasteiger partial charge in [-0.15, -0.1) is 0 Å². The van der Waals surface area contributed by atoms with Gasteiger partial charge in [-0.05, 0) is 18.8 Å². The Kier molecular flexibility index (Phi) is 3.75. The summed E-state index contributed by atoms with van der Waals surface area (Å²) >= 11 is 5.82. The first-order chi connectivity index (χ1) is 7.36. The van der Waals surface area contributed by atoms with Crippen LogP contribution in [-0.2, 0) is 4.74 Å². The van der Waals surface area contributed by atoms with E-state index < -0.39 is 0 Å². The van der Waals surface area contributed by atoms with E-state index in [2.05, 4.69) is 15.3 Å². The third-order valence-corrected chi connectivity index (χ3v) is 2.52. The second kappa shape index (κ2) is 5.28. The van der Waals surface area contributed by atoms with Crippen LogP contribution in [-0.4, -0.2) is 29.7 Å². The maximum atomic E-state index is 5.82. The van der Waals surface area contributed by atoms with Crippen LogP contribution in [0.5, 0.6) is 0 Å². The number of halogens is 1. The molecule has 15 heavy (non-hydrogen) atoms. The van der Waals surface area contributed by atoms with Gasteiger partial charge in [-0.1, -0.05) is 11.6 Å². The lowest BCUT2D eigenvalue weighted by atomic mass is 10.5. The van der Waals surface area contributed by atoms with E-state index in [0.29, 0.717) is 24.1 Å². The molecule has 1 aromatic heterocycles. The summed E-state index contributed by atoms with van der Waals surface area (Å²) in [5.41, 5.74) is 0. The lowest BCUT2D eigenvalue weighted by Gasteiger charge is -2.06. The molecule has 0 atom stereocenters. The molecule has 0 aromatic carbocycles. The smallest absolute Gasteiger partial charge is 0.171 e. The molecule has 4 nitrogen and oxygen atoms in total.